The molecule has 0 radical (unpaired) electrons. The second-order valence-corrected chi connectivity index (χ2v) is 8.20. The van der Waals surface area contributed by atoms with Gasteiger partial charge in [0.05, 0.1) is 18.3 Å². The Balaban J connectivity index is 2.36. The maximum absolute atomic E-state index is 6.37. The van der Waals surface area contributed by atoms with Crippen molar-refractivity contribution in [3.05, 3.63) is 0 Å². The summed E-state index contributed by atoms with van der Waals surface area (Å²) in [5.41, 5.74) is 0. The van der Waals surface area contributed by atoms with E-state index in [2.05, 4.69) is 48.5 Å². The third-order valence-corrected chi connectivity index (χ3v) is 5.33. The fraction of sp³-hybridized carbons (Fsp3) is 1.00. The van der Waals surface area contributed by atoms with Crippen LogP contribution in [0.25, 0.3) is 0 Å². The van der Waals surface area contributed by atoms with Gasteiger partial charge in [0.15, 0.2) is 0 Å². The highest BCUT2D eigenvalue weighted by Crippen LogP contribution is 2.35. The first kappa shape index (κ1) is 20.0. The van der Waals surface area contributed by atoms with E-state index in [1.165, 1.54) is 19.3 Å². The molecular formula is C20H40O2. The molecule has 0 bridgehead atoms. The monoisotopic (exact) mass is 312 g/mol. The van der Waals surface area contributed by atoms with Crippen molar-refractivity contribution in [1.29, 1.82) is 0 Å². The summed E-state index contributed by atoms with van der Waals surface area (Å²) in [6.45, 7) is 16.8. The molecule has 1 rings (SSSR count). The summed E-state index contributed by atoms with van der Waals surface area (Å²) in [6, 6.07) is 0. The van der Waals surface area contributed by atoms with Gasteiger partial charge in [-0.2, -0.15) is 0 Å². The van der Waals surface area contributed by atoms with Crippen molar-refractivity contribution in [1.82, 2.24) is 0 Å². The zero-order chi connectivity index (χ0) is 16.7. The molecule has 22 heavy (non-hydrogen) atoms. The van der Waals surface area contributed by atoms with E-state index in [1.807, 2.05) is 0 Å². The lowest BCUT2D eigenvalue weighted by Crippen LogP contribution is -2.35. The smallest absolute Gasteiger partial charge is 0.0608 e. The van der Waals surface area contributed by atoms with E-state index in [0.717, 1.165) is 37.2 Å². The Morgan fingerprint density at radius 2 is 1.68 bits per heavy atom. The predicted octanol–water partition coefficient (Wildman–Crippen LogP) is 5.69. The van der Waals surface area contributed by atoms with Gasteiger partial charge >= 0.3 is 0 Å². The summed E-state index contributed by atoms with van der Waals surface area (Å²) in [5, 5.41) is 0. The molecular weight excluding hydrogens is 272 g/mol. The molecule has 2 nitrogen and oxygen atoms in total. The summed E-state index contributed by atoms with van der Waals surface area (Å²) in [6.07, 6.45) is 7.31. The van der Waals surface area contributed by atoms with E-state index in [9.17, 15) is 0 Å². The third-order valence-electron chi connectivity index (χ3n) is 5.33. The molecule has 6 unspecified atom stereocenters. The summed E-state index contributed by atoms with van der Waals surface area (Å²) < 4.78 is 12.3. The van der Waals surface area contributed by atoms with Crippen molar-refractivity contribution in [3.8, 4) is 0 Å². The van der Waals surface area contributed by atoms with Gasteiger partial charge in [0, 0.05) is 6.61 Å². The first-order valence-corrected chi connectivity index (χ1v) is 9.60. The average molecular weight is 313 g/mol. The minimum Gasteiger partial charge on any atom is -0.378 e. The Hall–Kier alpha value is -0.0800. The van der Waals surface area contributed by atoms with Crippen LogP contribution in [0.2, 0.25) is 0 Å². The van der Waals surface area contributed by atoms with Crippen LogP contribution in [0.5, 0.6) is 0 Å². The molecule has 0 aromatic carbocycles. The molecule has 0 aliphatic heterocycles. The van der Waals surface area contributed by atoms with Crippen LogP contribution in [-0.2, 0) is 9.47 Å². The van der Waals surface area contributed by atoms with E-state index in [4.69, 9.17) is 9.47 Å². The van der Waals surface area contributed by atoms with Gasteiger partial charge in [-0.3, -0.25) is 0 Å². The third kappa shape index (κ3) is 7.00. The van der Waals surface area contributed by atoms with E-state index in [1.54, 1.807) is 0 Å². The van der Waals surface area contributed by atoms with Crippen molar-refractivity contribution in [2.45, 2.75) is 98.9 Å². The second-order valence-electron chi connectivity index (χ2n) is 8.20. The van der Waals surface area contributed by atoms with Crippen molar-refractivity contribution in [3.63, 3.8) is 0 Å². The van der Waals surface area contributed by atoms with Gasteiger partial charge in [-0.05, 0) is 63.2 Å². The van der Waals surface area contributed by atoms with E-state index in [-0.39, 0.29) is 0 Å². The normalized spacial score (nSPS) is 30.3. The molecule has 6 atom stereocenters. The molecule has 0 N–H and O–H groups in total. The molecule has 1 saturated carbocycles. The first-order chi connectivity index (χ1) is 10.3. The van der Waals surface area contributed by atoms with Gasteiger partial charge < -0.3 is 9.47 Å². The zero-order valence-corrected chi connectivity index (χ0v) is 16.1. The summed E-state index contributed by atoms with van der Waals surface area (Å²) >= 11 is 0. The highest BCUT2D eigenvalue weighted by atomic mass is 16.5. The van der Waals surface area contributed by atoms with Crippen molar-refractivity contribution < 1.29 is 9.47 Å². The van der Waals surface area contributed by atoms with Crippen LogP contribution in [0.4, 0.5) is 0 Å². The van der Waals surface area contributed by atoms with Gasteiger partial charge in [0.1, 0.15) is 0 Å². The first-order valence-electron chi connectivity index (χ1n) is 9.60. The van der Waals surface area contributed by atoms with Crippen LogP contribution in [0.1, 0.15) is 80.6 Å². The van der Waals surface area contributed by atoms with Crippen LogP contribution in [0.3, 0.4) is 0 Å². The fourth-order valence-corrected chi connectivity index (χ4v) is 3.78. The lowest BCUT2D eigenvalue weighted by Gasteiger charge is -2.37. The summed E-state index contributed by atoms with van der Waals surface area (Å²) in [5.74, 6) is 2.88. The van der Waals surface area contributed by atoms with Gasteiger partial charge in [-0.25, -0.2) is 0 Å². The number of hydrogen-bond acceptors (Lipinski definition) is 2. The standard InChI is InChI=1S/C20H40O2/c1-8-17(6)22-18(7)11-16(5)13-21-20-12-15(4)9-10-19(20)14(2)3/h14-20H,8-13H2,1-7H3. The van der Waals surface area contributed by atoms with E-state index in [0.29, 0.717) is 24.2 Å². The number of hydrogen-bond donors (Lipinski definition) is 0. The molecule has 0 aromatic heterocycles. The molecule has 0 spiro atoms. The molecule has 1 aliphatic carbocycles. The maximum atomic E-state index is 6.37. The minimum absolute atomic E-state index is 0.333. The lowest BCUT2D eigenvalue weighted by atomic mass is 9.75. The Morgan fingerprint density at radius 1 is 1.00 bits per heavy atom. The summed E-state index contributed by atoms with van der Waals surface area (Å²) in [7, 11) is 0. The van der Waals surface area contributed by atoms with Gasteiger partial charge in [0.25, 0.3) is 0 Å². The Morgan fingerprint density at radius 3 is 2.27 bits per heavy atom. The SMILES string of the molecule is CCC(C)OC(C)CC(C)COC1CC(C)CCC1C(C)C. The van der Waals surface area contributed by atoms with Crippen LogP contribution < -0.4 is 0 Å². The summed E-state index contributed by atoms with van der Waals surface area (Å²) in [4.78, 5) is 0. The molecule has 0 amide bonds. The van der Waals surface area contributed by atoms with Crippen molar-refractivity contribution in [2.24, 2.45) is 23.7 Å². The van der Waals surface area contributed by atoms with Crippen LogP contribution in [0, 0.1) is 23.7 Å². The fourth-order valence-electron chi connectivity index (χ4n) is 3.78. The number of rotatable bonds is 9. The van der Waals surface area contributed by atoms with Gasteiger partial charge in [-0.1, -0.05) is 41.0 Å². The topological polar surface area (TPSA) is 18.5 Å². The molecule has 0 saturated heterocycles. The number of ether oxygens (including phenoxy) is 2. The highest BCUT2D eigenvalue weighted by molar-refractivity contribution is 4.81. The highest BCUT2D eigenvalue weighted by Gasteiger charge is 2.31. The van der Waals surface area contributed by atoms with Gasteiger partial charge in [-0.15, -0.1) is 0 Å². The van der Waals surface area contributed by atoms with E-state index >= 15 is 0 Å². The van der Waals surface area contributed by atoms with Crippen LogP contribution in [0.15, 0.2) is 0 Å². The Labute approximate surface area is 139 Å². The van der Waals surface area contributed by atoms with Crippen LogP contribution >= 0.6 is 0 Å². The quantitative estimate of drug-likeness (QED) is 0.544. The molecule has 2 heteroatoms. The molecule has 132 valence electrons. The lowest BCUT2D eigenvalue weighted by molar-refractivity contribution is -0.0608. The minimum atomic E-state index is 0.333. The van der Waals surface area contributed by atoms with E-state index < -0.39 is 0 Å². The molecule has 0 heterocycles. The largest absolute Gasteiger partial charge is 0.378 e. The second kappa shape index (κ2) is 9.93. The van der Waals surface area contributed by atoms with Crippen molar-refractivity contribution in [2.75, 3.05) is 6.61 Å². The molecule has 1 aliphatic rings. The zero-order valence-electron chi connectivity index (χ0n) is 16.1. The average Bonchev–Trinajstić information content (AvgIpc) is 2.44. The Kier molecular flexibility index (Phi) is 9.01. The Bertz CT molecular complexity index is 289. The molecule has 1 fully saturated rings. The predicted molar refractivity (Wildman–Crippen MR) is 95.2 cm³/mol. The van der Waals surface area contributed by atoms with Gasteiger partial charge in [0.2, 0.25) is 0 Å². The molecule has 0 aromatic rings. The van der Waals surface area contributed by atoms with Crippen LogP contribution in [-0.4, -0.2) is 24.9 Å². The van der Waals surface area contributed by atoms with Crippen molar-refractivity contribution >= 4 is 0 Å². The maximum Gasteiger partial charge on any atom is 0.0608 e.